The van der Waals surface area contributed by atoms with Crippen molar-refractivity contribution in [2.24, 2.45) is 5.92 Å². The minimum absolute atomic E-state index is 0.00502. The lowest BCUT2D eigenvalue weighted by atomic mass is 9.96. The molecule has 1 N–H and O–H groups in total. The highest BCUT2D eigenvalue weighted by Crippen LogP contribution is 2.26. The molecular weight excluding hydrogens is 396 g/mol. The maximum absolute atomic E-state index is 12.9. The fourth-order valence-electron chi connectivity index (χ4n) is 4.31. The van der Waals surface area contributed by atoms with Gasteiger partial charge in [0, 0.05) is 50.6 Å². The number of nitrogens with zero attached hydrogens (tertiary/aromatic N) is 3. The Hall–Kier alpha value is -2.38. The third-order valence-electron chi connectivity index (χ3n) is 6.12. The highest BCUT2D eigenvalue weighted by Gasteiger charge is 2.29. The number of aryl methyl sites for hydroxylation is 1. The Balaban J connectivity index is 1.37. The monoisotopic (exact) mass is 426 g/mol. The molecule has 0 saturated carbocycles. The lowest BCUT2D eigenvalue weighted by molar-refractivity contribution is -0.121. The van der Waals surface area contributed by atoms with Crippen LogP contribution in [-0.4, -0.2) is 67.9 Å². The molecule has 0 aliphatic carbocycles. The molecule has 2 aliphatic rings. The number of carbonyl (C=O) groups excluding carboxylic acids is 2. The van der Waals surface area contributed by atoms with E-state index >= 15 is 0 Å². The first-order valence-corrected chi connectivity index (χ1v) is 11.6. The molecule has 1 atom stereocenters. The Kier molecular flexibility index (Phi) is 6.39. The smallest absolute Gasteiger partial charge is 0.263 e. The van der Waals surface area contributed by atoms with Crippen molar-refractivity contribution in [3.8, 4) is 0 Å². The number of benzene rings is 1. The second kappa shape index (κ2) is 9.18. The van der Waals surface area contributed by atoms with E-state index < -0.39 is 0 Å². The fourth-order valence-corrected chi connectivity index (χ4v) is 5.00. The summed E-state index contributed by atoms with van der Waals surface area (Å²) < 4.78 is 0. The van der Waals surface area contributed by atoms with Gasteiger partial charge in [0.05, 0.1) is 10.8 Å². The van der Waals surface area contributed by atoms with Crippen LogP contribution < -0.4 is 10.2 Å². The van der Waals surface area contributed by atoms with Crippen LogP contribution in [0.4, 0.5) is 11.4 Å². The average molecular weight is 427 g/mol. The Morgan fingerprint density at radius 3 is 2.60 bits per heavy atom. The molecular formula is C23H30N4O2S. The van der Waals surface area contributed by atoms with Gasteiger partial charge in [0.1, 0.15) is 0 Å². The molecule has 1 aromatic carbocycles. The predicted molar refractivity (Wildman–Crippen MR) is 122 cm³/mol. The second-order valence-corrected chi connectivity index (χ2v) is 9.30. The Morgan fingerprint density at radius 1 is 1.10 bits per heavy atom. The standard InChI is InChI=1S/C23H30N4O2S/c1-17-15-19(7-8-20(17)26-12-10-25(2)11-13-26)24-22(28)18-5-3-9-27(16-18)23(29)21-6-4-14-30-21/h4,6-8,14-15,18H,3,5,9-13,16H2,1-2H3,(H,24,28). The number of hydrogen-bond donors (Lipinski definition) is 1. The van der Waals surface area contributed by atoms with Gasteiger partial charge in [0.25, 0.3) is 5.91 Å². The number of likely N-dealkylation sites (tertiary alicyclic amines) is 1. The summed E-state index contributed by atoms with van der Waals surface area (Å²) in [7, 11) is 2.16. The zero-order valence-corrected chi connectivity index (χ0v) is 18.6. The minimum Gasteiger partial charge on any atom is -0.369 e. The largest absolute Gasteiger partial charge is 0.369 e. The number of thiophene rings is 1. The second-order valence-electron chi connectivity index (χ2n) is 8.35. The highest BCUT2D eigenvalue weighted by atomic mass is 32.1. The van der Waals surface area contributed by atoms with E-state index in [1.54, 1.807) is 0 Å². The van der Waals surface area contributed by atoms with Gasteiger partial charge >= 0.3 is 0 Å². The number of hydrogen-bond acceptors (Lipinski definition) is 5. The number of anilines is 2. The van der Waals surface area contributed by atoms with Crippen LogP contribution in [0.1, 0.15) is 28.1 Å². The van der Waals surface area contributed by atoms with Crippen LogP contribution >= 0.6 is 11.3 Å². The van der Waals surface area contributed by atoms with E-state index in [1.165, 1.54) is 22.6 Å². The van der Waals surface area contributed by atoms with Crippen molar-refractivity contribution in [1.29, 1.82) is 0 Å². The molecule has 2 saturated heterocycles. The summed E-state index contributed by atoms with van der Waals surface area (Å²) in [6.07, 6.45) is 1.68. The number of piperidine rings is 1. The normalized spacial score (nSPS) is 20.3. The molecule has 0 radical (unpaired) electrons. The third-order valence-corrected chi connectivity index (χ3v) is 6.98. The van der Waals surface area contributed by atoms with Gasteiger partial charge in [0.2, 0.25) is 5.91 Å². The molecule has 2 aromatic rings. The molecule has 30 heavy (non-hydrogen) atoms. The summed E-state index contributed by atoms with van der Waals surface area (Å²) >= 11 is 1.45. The number of carbonyl (C=O) groups is 2. The van der Waals surface area contributed by atoms with Gasteiger partial charge in [-0.1, -0.05) is 6.07 Å². The van der Waals surface area contributed by atoms with E-state index in [1.807, 2.05) is 28.5 Å². The zero-order valence-electron chi connectivity index (χ0n) is 17.8. The molecule has 1 unspecified atom stereocenters. The first kappa shape index (κ1) is 20.9. The maximum Gasteiger partial charge on any atom is 0.263 e. The first-order chi connectivity index (χ1) is 14.5. The van der Waals surface area contributed by atoms with Gasteiger partial charge in [-0.3, -0.25) is 9.59 Å². The van der Waals surface area contributed by atoms with E-state index in [4.69, 9.17) is 0 Å². The third kappa shape index (κ3) is 4.68. The van der Waals surface area contributed by atoms with Crippen LogP contribution in [0.2, 0.25) is 0 Å². The van der Waals surface area contributed by atoms with E-state index in [0.717, 1.165) is 56.1 Å². The average Bonchev–Trinajstić information content (AvgIpc) is 3.29. The van der Waals surface area contributed by atoms with E-state index in [9.17, 15) is 9.59 Å². The van der Waals surface area contributed by atoms with E-state index in [-0.39, 0.29) is 17.7 Å². The number of likely N-dealkylation sites (N-methyl/N-ethyl adjacent to an activating group) is 1. The molecule has 1 aromatic heterocycles. The Morgan fingerprint density at radius 2 is 1.90 bits per heavy atom. The van der Waals surface area contributed by atoms with Gasteiger partial charge in [0.15, 0.2) is 0 Å². The Bertz CT molecular complexity index is 891. The van der Waals surface area contributed by atoms with Crippen LogP contribution in [0.5, 0.6) is 0 Å². The topological polar surface area (TPSA) is 55.9 Å². The summed E-state index contributed by atoms with van der Waals surface area (Å²) in [5, 5.41) is 5.00. The molecule has 2 aliphatic heterocycles. The first-order valence-electron chi connectivity index (χ1n) is 10.7. The summed E-state index contributed by atoms with van der Waals surface area (Å²) in [6, 6.07) is 9.91. The predicted octanol–water partition coefficient (Wildman–Crippen LogP) is 3.30. The number of amides is 2. The van der Waals surface area contributed by atoms with Gasteiger partial charge in [-0.2, -0.15) is 0 Å². The van der Waals surface area contributed by atoms with Gasteiger partial charge in [-0.15, -0.1) is 11.3 Å². The summed E-state index contributed by atoms with van der Waals surface area (Å²) in [5.74, 6) is -0.124. The van der Waals surface area contributed by atoms with Gasteiger partial charge in [-0.05, 0) is 62.0 Å². The fraction of sp³-hybridized carbons (Fsp3) is 0.478. The Labute approximate surface area is 182 Å². The van der Waals surface area contributed by atoms with Crippen LogP contribution in [0, 0.1) is 12.8 Å². The maximum atomic E-state index is 12.9. The SMILES string of the molecule is Cc1cc(NC(=O)C2CCCN(C(=O)c3cccs3)C2)ccc1N1CCN(C)CC1. The van der Waals surface area contributed by atoms with E-state index in [2.05, 4.69) is 41.2 Å². The van der Waals surface area contributed by atoms with Gasteiger partial charge < -0.3 is 20.0 Å². The summed E-state index contributed by atoms with van der Waals surface area (Å²) in [6.45, 7) is 7.50. The number of piperazine rings is 1. The molecule has 0 spiro atoms. The number of rotatable bonds is 4. The van der Waals surface area contributed by atoms with Crippen LogP contribution in [-0.2, 0) is 4.79 Å². The van der Waals surface area contributed by atoms with Crippen molar-refractivity contribution in [2.45, 2.75) is 19.8 Å². The van der Waals surface area contributed by atoms with Crippen LogP contribution in [0.15, 0.2) is 35.7 Å². The molecule has 0 bridgehead atoms. The van der Waals surface area contributed by atoms with E-state index in [0.29, 0.717) is 6.54 Å². The molecule has 6 nitrogen and oxygen atoms in total. The van der Waals surface area contributed by atoms with Crippen molar-refractivity contribution >= 4 is 34.5 Å². The molecule has 160 valence electrons. The lowest BCUT2D eigenvalue weighted by Crippen LogP contribution is -2.44. The van der Waals surface area contributed by atoms with Crippen molar-refractivity contribution in [1.82, 2.24) is 9.80 Å². The quantitative estimate of drug-likeness (QED) is 0.815. The van der Waals surface area contributed by atoms with Crippen LogP contribution in [0.25, 0.3) is 0 Å². The highest BCUT2D eigenvalue weighted by molar-refractivity contribution is 7.12. The van der Waals surface area contributed by atoms with Crippen LogP contribution in [0.3, 0.4) is 0 Å². The number of nitrogens with one attached hydrogen (secondary N) is 1. The molecule has 7 heteroatoms. The summed E-state index contributed by atoms with van der Waals surface area (Å²) in [5.41, 5.74) is 3.25. The van der Waals surface area contributed by atoms with Gasteiger partial charge in [-0.25, -0.2) is 0 Å². The molecule has 2 fully saturated rings. The van der Waals surface area contributed by atoms with Crippen molar-refractivity contribution in [2.75, 3.05) is 56.5 Å². The molecule has 4 rings (SSSR count). The minimum atomic E-state index is -0.166. The van der Waals surface area contributed by atoms with Crippen molar-refractivity contribution in [3.05, 3.63) is 46.2 Å². The molecule has 3 heterocycles. The van der Waals surface area contributed by atoms with Crippen molar-refractivity contribution in [3.63, 3.8) is 0 Å². The lowest BCUT2D eigenvalue weighted by Gasteiger charge is -2.35. The molecule has 2 amide bonds. The van der Waals surface area contributed by atoms with Crippen molar-refractivity contribution < 1.29 is 9.59 Å². The zero-order chi connectivity index (χ0) is 21.1. The summed E-state index contributed by atoms with van der Waals surface area (Å²) in [4.78, 5) is 32.9.